The molecule has 2 aromatic rings. The van der Waals surface area contributed by atoms with Crippen LogP contribution in [0, 0.1) is 0 Å². The number of hydrogen-bond acceptors (Lipinski definition) is 4. The molecule has 2 rings (SSSR count). The summed E-state index contributed by atoms with van der Waals surface area (Å²) in [4.78, 5) is 11.8. The van der Waals surface area contributed by atoms with E-state index in [0.29, 0.717) is 10.2 Å². The van der Waals surface area contributed by atoms with E-state index >= 15 is 0 Å². The molecule has 0 aliphatic carbocycles. The summed E-state index contributed by atoms with van der Waals surface area (Å²) in [5.74, 6) is -0.216. The van der Waals surface area contributed by atoms with Gasteiger partial charge in [-0.25, -0.2) is 0 Å². The molecule has 1 aromatic heterocycles. The van der Waals surface area contributed by atoms with Crippen molar-refractivity contribution < 1.29 is 4.79 Å². The number of halogens is 1. The standard InChI is InChI=1S/C16H18ClN3OS/c1-2-3-4-5-15-19-20-16(22-15)18-14(21)11-8-12-6-9-13(17)10-7-12/h6-11H,2-5H2,1H3,(H,18,20,21). The summed E-state index contributed by atoms with van der Waals surface area (Å²) < 4.78 is 0. The van der Waals surface area contributed by atoms with Gasteiger partial charge in [-0.05, 0) is 30.2 Å². The number of carbonyl (C=O) groups is 1. The van der Waals surface area contributed by atoms with Gasteiger partial charge in [-0.1, -0.05) is 54.8 Å². The highest BCUT2D eigenvalue weighted by molar-refractivity contribution is 7.15. The Morgan fingerprint density at radius 1 is 1.27 bits per heavy atom. The van der Waals surface area contributed by atoms with Crippen LogP contribution in [0.5, 0.6) is 0 Å². The smallest absolute Gasteiger partial charge is 0.250 e. The van der Waals surface area contributed by atoms with Gasteiger partial charge in [0.05, 0.1) is 0 Å². The Labute approximate surface area is 139 Å². The molecule has 4 nitrogen and oxygen atoms in total. The number of amides is 1. The van der Waals surface area contributed by atoms with Gasteiger partial charge >= 0.3 is 0 Å². The van der Waals surface area contributed by atoms with Gasteiger partial charge in [-0.15, -0.1) is 10.2 Å². The summed E-state index contributed by atoms with van der Waals surface area (Å²) in [6.45, 7) is 2.17. The fourth-order valence-electron chi connectivity index (χ4n) is 1.82. The number of nitrogens with zero attached hydrogens (tertiary/aromatic N) is 2. The second kappa shape index (κ2) is 8.66. The lowest BCUT2D eigenvalue weighted by Crippen LogP contribution is -2.07. The Hall–Kier alpha value is -1.72. The van der Waals surface area contributed by atoms with Crippen molar-refractivity contribution in [2.24, 2.45) is 0 Å². The van der Waals surface area contributed by atoms with Crippen molar-refractivity contribution in [3.05, 3.63) is 45.9 Å². The number of aromatic nitrogens is 2. The van der Waals surface area contributed by atoms with Crippen LogP contribution >= 0.6 is 22.9 Å². The first kappa shape index (κ1) is 16.6. The highest BCUT2D eigenvalue weighted by Gasteiger charge is 2.06. The lowest BCUT2D eigenvalue weighted by Gasteiger charge is -1.96. The van der Waals surface area contributed by atoms with Crippen LogP contribution in [0.2, 0.25) is 5.02 Å². The van der Waals surface area contributed by atoms with Crippen molar-refractivity contribution >= 4 is 40.1 Å². The van der Waals surface area contributed by atoms with Crippen LogP contribution in [0.25, 0.3) is 6.08 Å². The molecule has 0 aliphatic heterocycles. The van der Waals surface area contributed by atoms with Crippen LogP contribution < -0.4 is 5.32 Å². The fourth-order valence-corrected chi connectivity index (χ4v) is 2.73. The highest BCUT2D eigenvalue weighted by Crippen LogP contribution is 2.17. The Kier molecular flexibility index (Phi) is 6.55. The first-order chi connectivity index (χ1) is 10.7. The minimum atomic E-state index is -0.216. The zero-order valence-corrected chi connectivity index (χ0v) is 14.0. The number of unbranched alkanes of at least 4 members (excludes halogenated alkanes) is 2. The van der Waals surface area contributed by atoms with Crippen LogP contribution in [-0.4, -0.2) is 16.1 Å². The minimum Gasteiger partial charge on any atom is -0.297 e. The molecule has 0 fully saturated rings. The van der Waals surface area contributed by atoms with Crippen LogP contribution in [-0.2, 0) is 11.2 Å². The summed E-state index contributed by atoms with van der Waals surface area (Å²) in [6.07, 6.45) is 7.59. The van der Waals surface area contributed by atoms with Gasteiger partial charge in [0.1, 0.15) is 5.01 Å². The summed E-state index contributed by atoms with van der Waals surface area (Å²) >= 11 is 7.24. The van der Waals surface area contributed by atoms with Crippen molar-refractivity contribution in [2.75, 3.05) is 5.32 Å². The molecule has 0 atom stereocenters. The Morgan fingerprint density at radius 3 is 2.77 bits per heavy atom. The van der Waals surface area contributed by atoms with Gasteiger partial charge in [0.25, 0.3) is 0 Å². The summed E-state index contributed by atoms with van der Waals surface area (Å²) in [5, 5.41) is 13.0. The number of hydrogen-bond donors (Lipinski definition) is 1. The molecular formula is C16H18ClN3OS. The Morgan fingerprint density at radius 2 is 2.05 bits per heavy atom. The van der Waals surface area contributed by atoms with Crippen molar-refractivity contribution in [2.45, 2.75) is 32.6 Å². The SMILES string of the molecule is CCCCCc1nnc(NC(=O)C=Cc2ccc(Cl)cc2)s1. The molecule has 1 heterocycles. The van der Waals surface area contributed by atoms with E-state index in [1.807, 2.05) is 12.1 Å². The first-order valence-corrected chi connectivity index (χ1v) is 8.44. The van der Waals surface area contributed by atoms with Gasteiger partial charge in [0.2, 0.25) is 11.0 Å². The lowest BCUT2D eigenvalue weighted by atomic mass is 10.2. The molecule has 0 aliphatic rings. The monoisotopic (exact) mass is 335 g/mol. The maximum atomic E-state index is 11.8. The number of rotatable bonds is 7. The summed E-state index contributed by atoms with van der Waals surface area (Å²) in [7, 11) is 0. The van der Waals surface area contributed by atoms with Crippen molar-refractivity contribution in [1.82, 2.24) is 10.2 Å². The highest BCUT2D eigenvalue weighted by atomic mass is 35.5. The largest absolute Gasteiger partial charge is 0.297 e. The molecule has 0 spiro atoms. The third-order valence-electron chi connectivity index (χ3n) is 2.99. The number of benzene rings is 1. The van der Waals surface area contributed by atoms with Crippen LogP contribution in [0.15, 0.2) is 30.3 Å². The van der Waals surface area contributed by atoms with Gasteiger partial charge < -0.3 is 0 Å². The van der Waals surface area contributed by atoms with Crippen molar-refractivity contribution in [3.8, 4) is 0 Å². The van der Waals surface area contributed by atoms with E-state index in [2.05, 4.69) is 22.4 Å². The third kappa shape index (κ3) is 5.58. The van der Waals surface area contributed by atoms with E-state index < -0.39 is 0 Å². The van der Waals surface area contributed by atoms with Crippen LogP contribution in [0.4, 0.5) is 5.13 Å². The second-order valence-electron chi connectivity index (χ2n) is 4.83. The zero-order chi connectivity index (χ0) is 15.8. The zero-order valence-electron chi connectivity index (χ0n) is 12.4. The number of aryl methyl sites for hydroxylation is 1. The maximum Gasteiger partial charge on any atom is 0.250 e. The van der Waals surface area contributed by atoms with E-state index in [0.717, 1.165) is 23.4 Å². The minimum absolute atomic E-state index is 0.216. The first-order valence-electron chi connectivity index (χ1n) is 7.24. The molecule has 1 amide bonds. The molecule has 22 heavy (non-hydrogen) atoms. The van der Waals surface area contributed by atoms with Crippen LogP contribution in [0.3, 0.4) is 0 Å². The lowest BCUT2D eigenvalue weighted by molar-refractivity contribution is -0.111. The molecule has 116 valence electrons. The molecule has 1 aromatic carbocycles. The maximum absolute atomic E-state index is 11.8. The molecule has 0 bridgehead atoms. The molecular weight excluding hydrogens is 318 g/mol. The van der Waals surface area contributed by atoms with E-state index in [-0.39, 0.29) is 5.91 Å². The van der Waals surface area contributed by atoms with Gasteiger partial charge in [-0.2, -0.15) is 0 Å². The number of carbonyl (C=O) groups excluding carboxylic acids is 1. The fraction of sp³-hybridized carbons (Fsp3) is 0.312. The van der Waals surface area contributed by atoms with E-state index in [9.17, 15) is 4.79 Å². The average Bonchev–Trinajstić information content (AvgIpc) is 2.94. The van der Waals surface area contributed by atoms with Crippen molar-refractivity contribution in [3.63, 3.8) is 0 Å². The predicted molar refractivity (Wildman–Crippen MR) is 92.3 cm³/mol. The predicted octanol–water partition coefficient (Wildman–Crippen LogP) is 4.58. The molecule has 0 saturated carbocycles. The Bertz CT molecular complexity index is 637. The van der Waals surface area contributed by atoms with E-state index in [4.69, 9.17) is 11.6 Å². The summed E-state index contributed by atoms with van der Waals surface area (Å²) in [5.41, 5.74) is 0.914. The quantitative estimate of drug-likeness (QED) is 0.595. The second-order valence-corrected chi connectivity index (χ2v) is 6.33. The van der Waals surface area contributed by atoms with Crippen LogP contribution in [0.1, 0.15) is 36.8 Å². The van der Waals surface area contributed by atoms with Gasteiger partial charge in [0, 0.05) is 17.5 Å². The number of anilines is 1. The molecule has 1 N–H and O–H groups in total. The molecule has 6 heteroatoms. The molecule has 0 radical (unpaired) electrons. The average molecular weight is 336 g/mol. The van der Waals surface area contributed by atoms with E-state index in [1.54, 1.807) is 18.2 Å². The Balaban J connectivity index is 1.85. The van der Waals surface area contributed by atoms with E-state index in [1.165, 1.54) is 30.3 Å². The topological polar surface area (TPSA) is 54.9 Å². The van der Waals surface area contributed by atoms with Crippen molar-refractivity contribution in [1.29, 1.82) is 0 Å². The van der Waals surface area contributed by atoms with Gasteiger partial charge in [-0.3, -0.25) is 10.1 Å². The van der Waals surface area contributed by atoms with Gasteiger partial charge in [0.15, 0.2) is 0 Å². The summed E-state index contributed by atoms with van der Waals surface area (Å²) in [6, 6.07) is 7.27. The number of nitrogens with one attached hydrogen (secondary N) is 1. The molecule has 0 saturated heterocycles. The molecule has 0 unspecified atom stereocenters. The normalized spacial score (nSPS) is 11.0. The third-order valence-corrected chi connectivity index (χ3v) is 4.14.